The SMILES string of the molecule is Nc1n[nH]c(CCC(=O)N2CCC(Cc3cccc(CO)c3)C2)n1. The second kappa shape index (κ2) is 7.44. The fourth-order valence-corrected chi connectivity index (χ4v) is 3.22. The van der Waals surface area contributed by atoms with Gasteiger partial charge in [0.1, 0.15) is 5.82 Å². The number of aromatic amines is 1. The van der Waals surface area contributed by atoms with Crippen molar-refractivity contribution in [3.63, 3.8) is 0 Å². The van der Waals surface area contributed by atoms with Gasteiger partial charge >= 0.3 is 0 Å². The number of anilines is 1. The van der Waals surface area contributed by atoms with E-state index in [-0.39, 0.29) is 18.5 Å². The molecular weight excluding hydrogens is 306 g/mol. The average molecular weight is 329 g/mol. The van der Waals surface area contributed by atoms with Crippen LogP contribution in [-0.2, 0) is 24.2 Å². The first-order valence-corrected chi connectivity index (χ1v) is 8.27. The Hall–Kier alpha value is -2.41. The lowest BCUT2D eigenvalue weighted by molar-refractivity contribution is -0.130. The number of H-pyrrole nitrogens is 1. The number of aromatic nitrogens is 3. The van der Waals surface area contributed by atoms with E-state index in [9.17, 15) is 9.90 Å². The standard InChI is InChI=1S/C17H23N5O2/c18-17-19-15(20-21-17)4-5-16(24)22-7-6-13(10-22)8-12-2-1-3-14(9-12)11-23/h1-3,9,13,23H,4-8,10-11H2,(H3,18,19,20,21). The van der Waals surface area contributed by atoms with Crippen LogP contribution >= 0.6 is 0 Å². The van der Waals surface area contributed by atoms with Gasteiger partial charge in [0.05, 0.1) is 6.61 Å². The summed E-state index contributed by atoms with van der Waals surface area (Å²) in [6.07, 6.45) is 2.91. The zero-order valence-corrected chi connectivity index (χ0v) is 13.6. The van der Waals surface area contributed by atoms with Crippen molar-refractivity contribution >= 4 is 11.9 Å². The molecule has 1 aromatic heterocycles. The molecule has 2 heterocycles. The molecule has 7 heteroatoms. The van der Waals surface area contributed by atoms with Crippen molar-refractivity contribution in [2.45, 2.75) is 32.3 Å². The molecular formula is C17H23N5O2. The summed E-state index contributed by atoms with van der Waals surface area (Å²) in [4.78, 5) is 18.3. The number of likely N-dealkylation sites (tertiary alicyclic amines) is 1. The zero-order valence-electron chi connectivity index (χ0n) is 13.6. The Morgan fingerprint density at radius 2 is 2.25 bits per heavy atom. The van der Waals surface area contributed by atoms with Gasteiger partial charge in [-0.05, 0) is 29.9 Å². The number of aliphatic hydroxyl groups excluding tert-OH is 1. The summed E-state index contributed by atoms with van der Waals surface area (Å²) in [7, 11) is 0. The lowest BCUT2D eigenvalue weighted by Gasteiger charge is -2.16. The number of aryl methyl sites for hydroxylation is 1. The van der Waals surface area contributed by atoms with Crippen LogP contribution in [-0.4, -0.2) is 44.2 Å². The summed E-state index contributed by atoms with van der Waals surface area (Å²) in [6.45, 7) is 1.66. The Bertz CT molecular complexity index is 700. The molecule has 0 radical (unpaired) electrons. The molecule has 7 nitrogen and oxygen atoms in total. The van der Waals surface area contributed by atoms with Crippen LogP contribution in [0, 0.1) is 5.92 Å². The van der Waals surface area contributed by atoms with Crippen molar-refractivity contribution in [1.29, 1.82) is 0 Å². The zero-order chi connectivity index (χ0) is 16.9. The summed E-state index contributed by atoms with van der Waals surface area (Å²) in [6, 6.07) is 8.02. The topological polar surface area (TPSA) is 108 Å². The Balaban J connectivity index is 1.48. The van der Waals surface area contributed by atoms with Gasteiger partial charge in [-0.3, -0.25) is 9.89 Å². The minimum atomic E-state index is 0.0648. The highest BCUT2D eigenvalue weighted by Gasteiger charge is 2.26. The largest absolute Gasteiger partial charge is 0.392 e. The number of rotatable bonds is 6. The molecule has 1 aliphatic rings. The fourth-order valence-electron chi connectivity index (χ4n) is 3.22. The molecule has 1 fully saturated rings. The van der Waals surface area contributed by atoms with Crippen LogP contribution in [0.15, 0.2) is 24.3 Å². The third-order valence-corrected chi connectivity index (χ3v) is 4.46. The maximum atomic E-state index is 12.3. The van der Waals surface area contributed by atoms with Crippen molar-refractivity contribution < 1.29 is 9.90 Å². The first-order chi connectivity index (χ1) is 11.6. The highest BCUT2D eigenvalue weighted by molar-refractivity contribution is 5.76. The van der Waals surface area contributed by atoms with Gasteiger partial charge in [0.25, 0.3) is 0 Å². The highest BCUT2D eigenvalue weighted by atomic mass is 16.3. The van der Waals surface area contributed by atoms with Crippen LogP contribution in [0.2, 0.25) is 0 Å². The molecule has 1 amide bonds. The van der Waals surface area contributed by atoms with Gasteiger partial charge in [0.2, 0.25) is 11.9 Å². The molecule has 1 unspecified atom stereocenters. The van der Waals surface area contributed by atoms with Crippen molar-refractivity contribution in [2.24, 2.45) is 5.92 Å². The minimum absolute atomic E-state index is 0.0648. The van der Waals surface area contributed by atoms with Crippen LogP contribution in [0.3, 0.4) is 0 Å². The molecule has 2 aromatic rings. The first-order valence-electron chi connectivity index (χ1n) is 8.27. The molecule has 128 valence electrons. The molecule has 24 heavy (non-hydrogen) atoms. The van der Waals surface area contributed by atoms with Gasteiger partial charge in [-0.15, -0.1) is 5.10 Å². The summed E-state index contributed by atoms with van der Waals surface area (Å²) in [5.41, 5.74) is 7.61. The predicted octanol–water partition coefficient (Wildman–Crippen LogP) is 0.903. The van der Waals surface area contributed by atoms with E-state index in [0.717, 1.165) is 31.5 Å². The van der Waals surface area contributed by atoms with Crippen LogP contribution in [0.25, 0.3) is 0 Å². The summed E-state index contributed by atoms with van der Waals surface area (Å²) in [5.74, 6) is 1.49. The van der Waals surface area contributed by atoms with Gasteiger partial charge in [0.15, 0.2) is 0 Å². The molecule has 1 saturated heterocycles. The van der Waals surface area contributed by atoms with E-state index in [1.807, 2.05) is 23.1 Å². The number of amides is 1. The predicted molar refractivity (Wildman–Crippen MR) is 89.9 cm³/mol. The Labute approximate surface area is 140 Å². The maximum absolute atomic E-state index is 12.3. The van der Waals surface area contributed by atoms with Gasteiger partial charge in [0, 0.05) is 25.9 Å². The molecule has 4 N–H and O–H groups in total. The smallest absolute Gasteiger partial charge is 0.239 e. The van der Waals surface area contributed by atoms with Crippen molar-refractivity contribution in [3.05, 3.63) is 41.2 Å². The van der Waals surface area contributed by atoms with Gasteiger partial charge in [-0.25, -0.2) is 0 Å². The summed E-state index contributed by atoms with van der Waals surface area (Å²) in [5, 5.41) is 15.7. The van der Waals surface area contributed by atoms with E-state index in [1.54, 1.807) is 0 Å². The second-order valence-corrected chi connectivity index (χ2v) is 6.32. The number of hydrogen-bond acceptors (Lipinski definition) is 5. The Morgan fingerprint density at radius 1 is 1.42 bits per heavy atom. The minimum Gasteiger partial charge on any atom is -0.392 e. The van der Waals surface area contributed by atoms with Gasteiger partial charge in [-0.2, -0.15) is 4.98 Å². The van der Waals surface area contributed by atoms with Gasteiger partial charge in [-0.1, -0.05) is 24.3 Å². The van der Waals surface area contributed by atoms with E-state index in [2.05, 4.69) is 21.2 Å². The summed E-state index contributed by atoms with van der Waals surface area (Å²) < 4.78 is 0. The van der Waals surface area contributed by atoms with E-state index < -0.39 is 0 Å². The van der Waals surface area contributed by atoms with E-state index in [0.29, 0.717) is 24.6 Å². The van der Waals surface area contributed by atoms with Crippen molar-refractivity contribution in [3.8, 4) is 0 Å². The van der Waals surface area contributed by atoms with Crippen LogP contribution in [0.4, 0.5) is 5.95 Å². The fraction of sp³-hybridized carbons (Fsp3) is 0.471. The third kappa shape index (κ3) is 4.11. The number of nitrogen functional groups attached to an aromatic ring is 1. The number of hydrogen-bond donors (Lipinski definition) is 3. The monoisotopic (exact) mass is 329 g/mol. The highest BCUT2D eigenvalue weighted by Crippen LogP contribution is 2.22. The van der Waals surface area contributed by atoms with Gasteiger partial charge < -0.3 is 15.7 Å². The molecule has 1 aromatic carbocycles. The van der Waals surface area contributed by atoms with Crippen molar-refractivity contribution in [2.75, 3.05) is 18.8 Å². The third-order valence-electron chi connectivity index (χ3n) is 4.46. The Morgan fingerprint density at radius 3 is 3.00 bits per heavy atom. The quantitative estimate of drug-likeness (QED) is 0.730. The molecule has 1 aliphatic heterocycles. The van der Waals surface area contributed by atoms with Crippen LogP contribution < -0.4 is 5.73 Å². The normalized spacial score (nSPS) is 17.4. The molecule has 0 saturated carbocycles. The lowest BCUT2D eigenvalue weighted by atomic mass is 9.97. The molecule has 0 spiro atoms. The van der Waals surface area contributed by atoms with Crippen LogP contribution in [0.1, 0.15) is 29.8 Å². The average Bonchev–Trinajstić information content (AvgIpc) is 3.22. The number of nitrogens with one attached hydrogen (secondary N) is 1. The second-order valence-electron chi connectivity index (χ2n) is 6.32. The summed E-state index contributed by atoms with van der Waals surface area (Å²) >= 11 is 0. The first kappa shape index (κ1) is 16.4. The number of nitrogens with zero attached hydrogens (tertiary/aromatic N) is 3. The van der Waals surface area contributed by atoms with E-state index >= 15 is 0 Å². The molecule has 0 aliphatic carbocycles. The number of benzene rings is 1. The maximum Gasteiger partial charge on any atom is 0.239 e. The molecule has 3 rings (SSSR count). The van der Waals surface area contributed by atoms with E-state index in [4.69, 9.17) is 5.73 Å². The number of aliphatic hydroxyl groups is 1. The molecule has 1 atom stereocenters. The van der Waals surface area contributed by atoms with E-state index in [1.165, 1.54) is 5.56 Å². The van der Waals surface area contributed by atoms with Crippen LogP contribution in [0.5, 0.6) is 0 Å². The lowest BCUT2D eigenvalue weighted by Crippen LogP contribution is -2.29. The number of carbonyl (C=O) groups is 1. The molecule has 0 bridgehead atoms. The number of carbonyl (C=O) groups excluding carboxylic acids is 1. The Kier molecular flexibility index (Phi) is 5.10. The number of nitrogens with two attached hydrogens (primary N) is 1. The van der Waals surface area contributed by atoms with Crippen molar-refractivity contribution in [1.82, 2.24) is 20.1 Å².